The molecule has 0 aliphatic heterocycles. The Morgan fingerprint density at radius 3 is 2.86 bits per heavy atom. The third-order valence-electron chi connectivity index (χ3n) is 4.25. The fourth-order valence-corrected chi connectivity index (χ4v) is 3.01. The molecule has 1 aliphatic carbocycles. The van der Waals surface area contributed by atoms with Crippen molar-refractivity contribution in [2.75, 3.05) is 6.54 Å². The molecule has 0 saturated heterocycles. The van der Waals surface area contributed by atoms with E-state index in [1.807, 2.05) is 0 Å². The van der Waals surface area contributed by atoms with Crippen LogP contribution in [0.15, 0.2) is 40.8 Å². The summed E-state index contributed by atoms with van der Waals surface area (Å²) in [5.41, 5.74) is 6.07. The Morgan fingerprint density at radius 1 is 1.27 bits per heavy atom. The van der Waals surface area contributed by atoms with Gasteiger partial charge < -0.3 is 15.5 Å². The highest BCUT2D eigenvalue weighted by atomic mass is 19.1. The highest BCUT2D eigenvalue weighted by Gasteiger charge is 2.28. The fraction of sp³-hybridized carbons (Fsp3) is 0.353. The maximum Gasteiger partial charge on any atom is 0.287 e. The molecule has 5 heteroatoms. The zero-order valence-electron chi connectivity index (χ0n) is 12.2. The summed E-state index contributed by atoms with van der Waals surface area (Å²) in [4.78, 5) is 12.3. The van der Waals surface area contributed by atoms with Gasteiger partial charge in [0.25, 0.3) is 5.91 Å². The van der Waals surface area contributed by atoms with Gasteiger partial charge in [-0.05, 0) is 49.6 Å². The summed E-state index contributed by atoms with van der Waals surface area (Å²) in [7, 11) is 0. The molecule has 1 heterocycles. The number of nitrogens with one attached hydrogen (secondary N) is 1. The van der Waals surface area contributed by atoms with Gasteiger partial charge in [0.05, 0.1) is 5.56 Å². The van der Waals surface area contributed by atoms with E-state index in [4.69, 9.17) is 10.2 Å². The first kappa shape index (κ1) is 14.8. The lowest BCUT2D eigenvalue weighted by molar-refractivity contribution is 0.0901. The molecular weight excluding hydrogens is 283 g/mol. The van der Waals surface area contributed by atoms with Gasteiger partial charge in [0.1, 0.15) is 11.6 Å². The Bertz CT molecular complexity index is 668. The molecule has 2 atom stereocenters. The van der Waals surface area contributed by atoms with Crippen molar-refractivity contribution >= 4 is 5.91 Å². The van der Waals surface area contributed by atoms with Gasteiger partial charge >= 0.3 is 0 Å². The molecule has 3 rings (SSSR count). The molecule has 0 spiro atoms. The van der Waals surface area contributed by atoms with E-state index < -0.39 is 0 Å². The van der Waals surface area contributed by atoms with Gasteiger partial charge in [0, 0.05) is 6.04 Å². The molecule has 0 radical (unpaired) electrons. The smallest absolute Gasteiger partial charge is 0.287 e. The van der Waals surface area contributed by atoms with Crippen LogP contribution in [0.5, 0.6) is 0 Å². The van der Waals surface area contributed by atoms with E-state index in [0.717, 1.165) is 19.3 Å². The van der Waals surface area contributed by atoms with Crippen molar-refractivity contribution in [3.63, 3.8) is 0 Å². The molecule has 4 nitrogen and oxygen atoms in total. The Hall–Kier alpha value is -2.14. The summed E-state index contributed by atoms with van der Waals surface area (Å²) in [6, 6.07) is 9.61. The van der Waals surface area contributed by atoms with Crippen LogP contribution in [0.2, 0.25) is 0 Å². The Balaban J connectivity index is 1.73. The molecule has 1 aliphatic rings. The number of nitrogens with two attached hydrogens (primary N) is 1. The molecule has 2 aromatic rings. The zero-order valence-corrected chi connectivity index (χ0v) is 12.2. The minimum Gasteiger partial charge on any atom is -0.451 e. The van der Waals surface area contributed by atoms with Gasteiger partial charge in [-0.3, -0.25) is 4.79 Å². The predicted octanol–water partition coefficient (Wildman–Crippen LogP) is 2.94. The molecule has 0 unspecified atom stereocenters. The van der Waals surface area contributed by atoms with Crippen LogP contribution in [0, 0.1) is 11.7 Å². The van der Waals surface area contributed by atoms with Gasteiger partial charge in [-0.15, -0.1) is 0 Å². The number of rotatable bonds is 4. The standard InChI is InChI=1S/C17H19FN2O2/c18-13-6-2-1-5-12(13)15-8-9-16(22-15)17(21)20-14-7-3-4-11(14)10-19/h1-2,5-6,8-9,11,14H,3-4,7,10,19H2,(H,20,21)/t11-,14-/m1/s1. The third-order valence-corrected chi connectivity index (χ3v) is 4.25. The molecule has 3 N–H and O–H groups in total. The van der Waals surface area contributed by atoms with E-state index in [9.17, 15) is 9.18 Å². The molecule has 1 saturated carbocycles. The van der Waals surface area contributed by atoms with E-state index in [1.54, 1.807) is 30.3 Å². The van der Waals surface area contributed by atoms with Crippen molar-refractivity contribution in [3.05, 3.63) is 48.0 Å². The first-order valence-electron chi connectivity index (χ1n) is 7.54. The number of furan rings is 1. The van der Waals surface area contributed by atoms with E-state index in [-0.39, 0.29) is 23.5 Å². The quantitative estimate of drug-likeness (QED) is 0.912. The maximum atomic E-state index is 13.7. The Morgan fingerprint density at radius 2 is 2.09 bits per heavy atom. The minimum absolute atomic E-state index is 0.0968. The molecule has 1 aromatic heterocycles. The number of carbonyl (C=O) groups is 1. The van der Waals surface area contributed by atoms with E-state index in [1.165, 1.54) is 6.07 Å². The first-order valence-corrected chi connectivity index (χ1v) is 7.54. The summed E-state index contributed by atoms with van der Waals surface area (Å²) in [6.45, 7) is 0.573. The second-order valence-corrected chi connectivity index (χ2v) is 5.65. The van der Waals surface area contributed by atoms with Crippen molar-refractivity contribution < 1.29 is 13.6 Å². The summed E-state index contributed by atoms with van der Waals surface area (Å²) in [5.74, 6) is 0.228. The largest absolute Gasteiger partial charge is 0.451 e. The third kappa shape index (κ3) is 2.90. The average Bonchev–Trinajstić information content (AvgIpc) is 3.16. The first-order chi connectivity index (χ1) is 10.7. The SMILES string of the molecule is NC[C@H]1CCC[C@H]1NC(=O)c1ccc(-c2ccccc2F)o1. The van der Waals surface area contributed by atoms with Crippen LogP contribution < -0.4 is 11.1 Å². The number of carbonyl (C=O) groups excluding carboxylic acids is 1. The van der Waals surface area contributed by atoms with Crippen LogP contribution in [0.4, 0.5) is 4.39 Å². The highest BCUT2D eigenvalue weighted by Crippen LogP contribution is 2.27. The van der Waals surface area contributed by atoms with Gasteiger partial charge in [0.2, 0.25) is 0 Å². The van der Waals surface area contributed by atoms with E-state index >= 15 is 0 Å². The van der Waals surface area contributed by atoms with Crippen molar-refractivity contribution in [1.82, 2.24) is 5.32 Å². The topological polar surface area (TPSA) is 68.3 Å². The van der Waals surface area contributed by atoms with Gasteiger partial charge in [-0.1, -0.05) is 18.6 Å². The Labute approximate surface area is 128 Å². The number of hydrogen-bond acceptors (Lipinski definition) is 3. The minimum atomic E-state index is -0.372. The van der Waals surface area contributed by atoms with Crippen molar-refractivity contribution in [2.24, 2.45) is 11.7 Å². The molecule has 0 bridgehead atoms. The van der Waals surface area contributed by atoms with Crippen molar-refractivity contribution in [3.8, 4) is 11.3 Å². The molecule has 116 valence electrons. The van der Waals surface area contributed by atoms with Gasteiger partial charge in [0.15, 0.2) is 5.76 Å². The second kappa shape index (κ2) is 6.32. The van der Waals surface area contributed by atoms with Crippen LogP contribution >= 0.6 is 0 Å². The van der Waals surface area contributed by atoms with E-state index in [2.05, 4.69) is 5.32 Å². The zero-order chi connectivity index (χ0) is 15.5. The summed E-state index contributed by atoms with van der Waals surface area (Å²) in [6.07, 6.45) is 3.06. The van der Waals surface area contributed by atoms with Crippen LogP contribution in [-0.2, 0) is 0 Å². The molecule has 1 amide bonds. The van der Waals surface area contributed by atoms with E-state index in [0.29, 0.717) is 23.8 Å². The number of halogens is 1. The lowest BCUT2D eigenvalue weighted by atomic mass is 10.0. The summed E-state index contributed by atoms with van der Waals surface area (Å²) >= 11 is 0. The summed E-state index contributed by atoms with van der Waals surface area (Å²) in [5, 5.41) is 2.97. The monoisotopic (exact) mass is 302 g/mol. The highest BCUT2D eigenvalue weighted by molar-refractivity contribution is 5.92. The maximum absolute atomic E-state index is 13.7. The van der Waals surface area contributed by atoms with Crippen LogP contribution in [-0.4, -0.2) is 18.5 Å². The van der Waals surface area contributed by atoms with Crippen LogP contribution in [0.3, 0.4) is 0 Å². The van der Waals surface area contributed by atoms with Gasteiger partial charge in [-0.25, -0.2) is 4.39 Å². The summed E-state index contributed by atoms with van der Waals surface area (Å²) < 4.78 is 19.2. The molecule has 1 fully saturated rings. The molecule has 22 heavy (non-hydrogen) atoms. The number of benzene rings is 1. The number of hydrogen-bond donors (Lipinski definition) is 2. The average molecular weight is 302 g/mol. The number of amides is 1. The van der Waals surface area contributed by atoms with Crippen molar-refractivity contribution in [2.45, 2.75) is 25.3 Å². The lowest BCUT2D eigenvalue weighted by Gasteiger charge is -2.18. The van der Waals surface area contributed by atoms with Crippen LogP contribution in [0.25, 0.3) is 11.3 Å². The van der Waals surface area contributed by atoms with Gasteiger partial charge in [-0.2, -0.15) is 0 Å². The lowest BCUT2D eigenvalue weighted by Crippen LogP contribution is -2.39. The fourth-order valence-electron chi connectivity index (χ4n) is 3.01. The second-order valence-electron chi connectivity index (χ2n) is 5.65. The molecule has 1 aromatic carbocycles. The predicted molar refractivity (Wildman–Crippen MR) is 81.8 cm³/mol. The van der Waals surface area contributed by atoms with Crippen molar-refractivity contribution in [1.29, 1.82) is 0 Å². The molecular formula is C17H19FN2O2. The normalized spacial score (nSPS) is 21.0. The van der Waals surface area contributed by atoms with Crippen LogP contribution in [0.1, 0.15) is 29.8 Å². The Kier molecular flexibility index (Phi) is 4.24.